The van der Waals surface area contributed by atoms with Crippen molar-refractivity contribution in [2.24, 2.45) is 0 Å². The number of nitrogens with one attached hydrogen (secondary N) is 1. The zero-order valence-corrected chi connectivity index (χ0v) is 15.8. The molecule has 2 rings (SSSR count). The van der Waals surface area contributed by atoms with Crippen LogP contribution in [0.25, 0.3) is 0 Å². The van der Waals surface area contributed by atoms with Gasteiger partial charge >= 0.3 is 0 Å². The van der Waals surface area contributed by atoms with E-state index in [0.29, 0.717) is 12.1 Å². The Morgan fingerprint density at radius 1 is 1.15 bits per heavy atom. The summed E-state index contributed by atoms with van der Waals surface area (Å²) in [7, 11) is 0. The fourth-order valence-corrected chi connectivity index (χ4v) is 3.06. The molecule has 0 bridgehead atoms. The second-order valence-corrected chi connectivity index (χ2v) is 6.90. The van der Waals surface area contributed by atoms with Crippen LogP contribution in [0, 0.1) is 3.57 Å². The van der Waals surface area contributed by atoms with Gasteiger partial charge in [0, 0.05) is 19.9 Å². The highest BCUT2D eigenvalue weighted by Gasteiger charge is 2.10. The van der Waals surface area contributed by atoms with Crippen LogP contribution in [-0.2, 0) is 11.9 Å². The highest BCUT2D eigenvalue weighted by Crippen LogP contribution is 2.18. The predicted molar refractivity (Wildman–Crippen MR) is 97.1 cm³/mol. The van der Waals surface area contributed by atoms with Gasteiger partial charge in [0.1, 0.15) is 0 Å². The molecule has 0 aliphatic carbocycles. The number of carbonyl (C=O) groups excluding carboxylic acids is 1. The molecule has 0 radical (unpaired) electrons. The third-order valence-electron chi connectivity index (χ3n) is 2.77. The molecule has 2 aromatic rings. The summed E-state index contributed by atoms with van der Waals surface area (Å²) in [6, 6.07) is 13.8. The Kier molecular flexibility index (Phi) is 6.04. The SMILES string of the molecule is O=C(NCc1cccc(CBr)c1)c1cc(Br)ccc1I. The monoisotopic (exact) mass is 507 g/mol. The largest absolute Gasteiger partial charge is 0.348 e. The van der Waals surface area contributed by atoms with Crippen molar-refractivity contribution in [2.75, 3.05) is 0 Å². The van der Waals surface area contributed by atoms with Crippen LogP contribution in [0.5, 0.6) is 0 Å². The van der Waals surface area contributed by atoms with Crippen molar-refractivity contribution in [3.8, 4) is 0 Å². The van der Waals surface area contributed by atoms with Crippen molar-refractivity contribution in [1.82, 2.24) is 5.32 Å². The molecule has 5 heteroatoms. The first-order valence-corrected chi connectivity index (χ1v) is 8.96. The van der Waals surface area contributed by atoms with E-state index in [4.69, 9.17) is 0 Å². The summed E-state index contributed by atoms with van der Waals surface area (Å²) in [5, 5.41) is 3.77. The Bertz CT molecular complexity index is 631. The highest BCUT2D eigenvalue weighted by atomic mass is 127. The average molecular weight is 509 g/mol. The van der Waals surface area contributed by atoms with Gasteiger partial charge in [-0.15, -0.1) is 0 Å². The maximum Gasteiger partial charge on any atom is 0.252 e. The van der Waals surface area contributed by atoms with Gasteiger partial charge in [-0.2, -0.15) is 0 Å². The van der Waals surface area contributed by atoms with Gasteiger partial charge in [-0.3, -0.25) is 4.79 Å². The van der Waals surface area contributed by atoms with E-state index in [1.807, 2.05) is 30.3 Å². The van der Waals surface area contributed by atoms with E-state index < -0.39 is 0 Å². The minimum atomic E-state index is -0.0556. The number of hydrogen-bond acceptors (Lipinski definition) is 1. The number of benzene rings is 2. The molecule has 0 aliphatic heterocycles. The quantitative estimate of drug-likeness (QED) is 0.463. The maximum absolute atomic E-state index is 12.2. The lowest BCUT2D eigenvalue weighted by atomic mass is 10.1. The van der Waals surface area contributed by atoms with Crippen LogP contribution in [0.4, 0.5) is 0 Å². The van der Waals surface area contributed by atoms with E-state index in [9.17, 15) is 4.79 Å². The Morgan fingerprint density at radius 2 is 1.90 bits per heavy atom. The molecule has 20 heavy (non-hydrogen) atoms. The third-order valence-corrected chi connectivity index (χ3v) is 4.85. The van der Waals surface area contributed by atoms with Crippen molar-refractivity contribution in [2.45, 2.75) is 11.9 Å². The van der Waals surface area contributed by atoms with E-state index in [-0.39, 0.29) is 5.91 Å². The van der Waals surface area contributed by atoms with Gasteiger partial charge in [-0.25, -0.2) is 0 Å². The Hall–Kier alpha value is -0.400. The van der Waals surface area contributed by atoms with Crippen LogP contribution >= 0.6 is 54.5 Å². The van der Waals surface area contributed by atoms with Gasteiger partial charge in [0.25, 0.3) is 5.91 Å². The third kappa shape index (κ3) is 4.30. The number of hydrogen-bond donors (Lipinski definition) is 1. The molecule has 0 spiro atoms. The van der Waals surface area contributed by atoms with Crippen molar-refractivity contribution in [3.05, 3.63) is 67.2 Å². The number of alkyl halides is 1. The number of carbonyl (C=O) groups is 1. The molecule has 2 aromatic carbocycles. The van der Waals surface area contributed by atoms with Crippen molar-refractivity contribution >= 4 is 60.4 Å². The summed E-state index contributed by atoms with van der Waals surface area (Å²) in [5.41, 5.74) is 2.99. The second kappa shape index (κ2) is 7.56. The molecule has 104 valence electrons. The molecular formula is C15H12Br2INO. The lowest BCUT2D eigenvalue weighted by molar-refractivity contribution is 0.0950. The van der Waals surface area contributed by atoms with Crippen molar-refractivity contribution in [3.63, 3.8) is 0 Å². The van der Waals surface area contributed by atoms with E-state index in [2.05, 4.69) is 71.9 Å². The lowest BCUT2D eigenvalue weighted by Crippen LogP contribution is -2.23. The zero-order valence-electron chi connectivity index (χ0n) is 10.5. The highest BCUT2D eigenvalue weighted by molar-refractivity contribution is 14.1. The smallest absolute Gasteiger partial charge is 0.252 e. The first kappa shape index (κ1) is 16.0. The normalized spacial score (nSPS) is 10.3. The molecule has 1 N–H and O–H groups in total. The predicted octanol–water partition coefficient (Wildman–Crippen LogP) is 4.88. The van der Waals surface area contributed by atoms with Crippen LogP contribution in [0.15, 0.2) is 46.9 Å². The molecule has 0 aliphatic rings. The number of rotatable bonds is 4. The van der Waals surface area contributed by atoms with Gasteiger partial charge in [0.2, 0.25) is 0 Å². The maximum atomic E-state index is 12.2. The first-order chi connectivity index (χ1) is 9.60. The topological polar surface area (TPSA) is 29.1 Å². The van der Waals surface area contributed by atoms with Gasteiger partial charge in [0.15, 0.2) is 0 Å². The molecule has 2 nitrogen and oxygen atoms in total. The first-order valence-electron chi connectivity index (χ1n) is 5.97. The lowest BCUT2D eigenvalue weighted by Gasteiger charge is -2.08. The van der Waals surface area contributed by atoms with Gasteiger partial charge < -0.3 is 5.32 Å². The summed E-state index contributed by atoms with van der Waals surface area (Å²) < 4.78 is 1.85. The summed E-state index contributed by atoms with van der Waals surface area (Å²) in [6.45, 7) is 0.530. The molecule has 0 aromatic heterocycles. The summed E-state index contributed by atoms with van der Waals surface area (Å²) in [6.07, 6.45) is 0. The Balaban J connectivity index is 2.06. The van der Waals surface area contributed by atoms with Crippen LogP contribution in [0.1, 0.15) is 21.5 Å². The average Bonchev–Trinajstić information content (AvgIpc) is 2.47. The van der Waals surface area contributed by atoms with Crippen molar-refractivity contribution < 1.29 is 4.79 Å². The fourth-order valence-electron chi connectivity index (χ4n) is 1.77. The number of amides is 1. The minimum absolute atomic E-state index is 0.0556. The summed E-state index contributed by atoms with van der Waals surface area (Å²) in [5.74, 6) is -0.0556. The molecule has 0 heterocycles. The zero-order chi connectivity index (χ0) is 14.5. The standard InChI is InChI=1S/C15H12Br2INO/c16-8-10-2-1-3-11(6-10)9-19-15(20)13-7-12(17)4-5-14(13)18/h1-7H,8-9H2,(H,19,20). The van der Waals surface area contributed by atoms with Crippen LogP contribution < -0.4 is 5.32 Å². The molecule has 0 saturated heterocycles. The van der Waals surface area contributed by atoms with Crippen LogP contribution in [0.2, 0.25) is 0 Å². The molecule has 0 atom stereocenters. The summed E-state index contributed by atoms with van der Waals surface area (Å²) in [4.78, 5) is 12.2. The molecule has 0 unspecified atom stereocenters. The molecule has 0 saturated carbocycles. The Morgan fingerprint density at radius 3 is 2.65 bits per heavy atom. The van der Waals surface area contributed by atoms with E-state index in [1.165, 1.54) is 5.56 Å². The van der Waals surface area contributed by atoms with Gasteiger partial charge in [-0.1, -0.05) is 56.1 Å². The van der Waals surface area contributed by atoms with Gasteiger partial charge in [0.05, 0.1) is 5.56 Å². The molecule has 1 amide bonds. The van der Waals surface area contributed by atoms with E-state index in [1.54, 1.807) is 0 Å². The number of halogens is 3. The van der Waals surface area contributed by atoms with Gasteiger partial charge in [-0.05, 0) is 51.9 Å². The van der Waals surface area contributed by atoms with Crippen molar-refractivity contribution in [1.29, 1.82) is 0 Å². The second-order valence-electron chi connectivity index (χ2n) is 4.26. The molecule has 0 fully saturated rings. The minimum Gasteiger partial charge on any atom is -0.348 e. The summed E-state index contributed by atoms with van der Waals surface area (Å²) >= 11 is 8.99. The van der Waals surface area contributed by atoms with Crippen LogP contribution in [-0.4, -0.2) is 5.91 Å². The fraction of sp³-hybridized carbons (Fsp3) is 0.133. The van der Waals surface area contributed by atoms with E-state index >= 15 is 0 Å². The Labute approximate surface area is 148 Å². The van der Waals surface area contributed by atoms with Crippen LogP contribution in [0.3, 0.4) is 0 Å². The molecular weight excluding hydrogens is 497 g/mol. The van der Waals surface area contributed by atoms with E-state index in [0.717, 1.165) is 18.9 Å².